The molecule has 0 fully saturated rings. The highest BCUT2D eigenvalue weighted by molar-refractivity contribution is 6.05. The molecule has 1 aromatic heterocycles. The molecule has 0 atom stereocenters. The van der Waals surface area contributed by atoms with Gasteiger partial charge < -0.3 is 19.5 Å². The Labute approximate surface area is 186 Å². The number of hydrogen-bond acceptors (Lipinski definition) is 6. The van der Waals surface area contributed by atoms with Crippen molar-refractivity contribution in [2.45, 2.75) is 13.5 Å². The van der Waals surface area contributed by atoms with Crippen molar-refractivity contribution in [2.24, 2.45) is 7.05 Å². The average molecular weight is 435 g/mol. The van der Waals surface area contributed by atoms with E-state index in [2.05, 4.69) is 10.4 Å². The number of rotatable bonds is 8. The molecular formula is C24H25N3O5. The first-order valence-corrected chi connectivity index (χ1v) is 9.87. The first-order valence-electron chi connectivity index (χ1n) is 9.87. The smallest absolute Gasteiger partial charge is 0.358 e. The fourth-order valence-electron chi connectivity index (χ4n) is 3.10. The number of aromatic nitrogens is 2. The number of esters is 1. The Bertz CT molecular complexity index is 1150. The van der Waals surface area contributed by atoms with Gasteiger partial charge in [0.15, 0.2) is 5.69 Å². The van der Waals surface area contributed by atoms with Gasteiger partial charge in [-0.05, 0) is 48.4 Å². The number of aryl methyl sites for hydroxylation is 2. The van der Waals surface area contributed by atoms with E-state index in [1.54, 1.807) is 20.2 Å². The van der Waals surface area contributed by atoms with Crippen molar-refractivity contribution in [3.8, 4) is 11.5 Å². The van der Waals surface area contributed by atoms with Crippen molar-refractivity contribution < 1.29 is 23.8 Å². The lowest BCUT2D eigenvalue weighted by atomic mass is 10.1. The van der Waals surface area contributed by atoms with Gasteiger partial charge in [0.05, 0.1) is 26.1 Å². The molecule has 0 bridgehead atoms. The molecule has 0 saturated heterocycles. The predicted octanol–water partition coefficient (Wildman–Crippen LogP) is 3.75. The van der Waals surface area contributed by atoms with Gasteiger partial charge >= 0.3 is 5.97 Å². The summed E-state index contributed by atoms with van der Waals surface area (Å²) in [6.07, 6.45) is 4.44. The van der Waals surface area contributed by atoms with Crippen molar-refractivity contribution in [1.82, 2.24) is 9.78 Å². The van der Waals surface area contributed by atoms with E-state index in [1.807, 2.05) is 49.4 Å². The van der Waals surface area contributed by atoms with Crippen LogP contribution in [0, 0.1) is 6.92 Å². The number of carbonyl (C=O) groups excluding carboxylic acids is 2. The maximum Gasteiger partial charge on any atom is 0.358 e. The van der Waals surface area contributed by atoms with E-state index < -0.39 is 11.9 Å². The number of anilines is 1. The molecule has 3 aromatic rings. The maximum atomic E-state index is 12.4. The standard InChI is InChI=1S/C24H25N3O5/c1-16-6-5-7-19(12-16)32-15-18-13-17(8-10-21(18)30-3)9-11-22(28)26-20-14-25-27(2)23(20)24(29)31-4/h5-14H,15H2,1-4H3,(H,26,28)/b11-9+. The highest BCUT2D eigenvalue weighted by Gasteiger charge is 2.18. The van der Waals surface area contributed by atoms with Gasteiger partial charge in [0.2, 0.25) is 5.91 Å². The lowest BCUT2D eigenvalue weighted by Crippen LogP contribution is -2.14. The summed E-state index contributed by atoms with van der Waals surface area (Å²) in [6.45, 7) is 2.32. The number of amides is 1. The third-order valence-corrected chi connectivity index (χ3v) is 4.69. The molecule has 1 N–H and O–H groups in total. The van der Waals surface area contributed by atoms with Crippen molar-refractivity contribution in [3.63, 3.8) is 0 Å². The van der Waals surface area contributed by atoms with Gasteiger partial charge in [0.25, 0.3) is 0 Å². The number of nitrogens with one attached hydrogen (secondary N) is 1. The van der Waals surface area contributed by atoms with E-state index >= 15 is 0 Å². The summed E-state index contributed by atoms with van der Waals surface area (Å²) in [5.41, 5.74) is 3.19. The number of carbonyl (C=O) groups is 2. The van der Waals surface area contributed by atoms with Crippen molar-refractivity contribution in [2.75, 3.05) is 19.5 Å². The molecule has 1 amide bonds. The van der Waals surface area contributed by atoms with Gasteiger partial charge in [-0.2, -0.15) is 5.10 Å². The Morgan fingerprint density at radius 3 is 2.69 bits per heavy atom. The Hall–Kier alpha value is -4.07. The first kappa shape index (κ1) is 22.6. The van der Waals surface area contributed by atoms with Crippen LogP contribution < -0.4 is 14.8 Å². The molecule has 0 unspecified atom stereocenters. The molecule has 166 valence electrons. The molecule has 0 saturated carbocycles. The predicted molar refractivity (Wildman–Crippen MR) is 121 cm³/mol. The summed E-state index contributed by atoms with van der Waals surface area (Å²) >= 11 is 0. The number of methoxy groups -OCH3 is 2. The molecule has 2 aromatic carbocycles. The lowest BCUT2D eigenvalue weighted by Gasteiger charge is -2.11. The summed E-state index contributed by atoms with van der Waals surface area (Å²) < 4.78 is 17.4. The third kappa shape index (κ3) is 5.54. The summed E-state index contributed by atoms with van der Waals surface area (Å²) in [4.78, 5) is 24.3. The second-order valence-corrected chi connectivity index (χ2v) is 7.02. The zero-order valence-corrected chi connectivity index (χ0v) is 18.4. The van der Waals surface area contributed by atoms with Crippen LogP contribution in [0.15, 0.2) is 54.7 Å². The van der Waals surface area contributed by atoms with E-state index in [9.17, 15) is 9.59 Å². The molecule has 8 heteroatoms. The van der Waals surface area contributed by atoms with E-state index in [0.717, 1.165) is 22.4 Å². The van der Waals surface area contributed by atoms with Gasteiger partial charge in [-0.15, -0.1) is 0 Å². The zero-order chi connectivity index (χ0) is 23.1. The summed E-state index contributed by atoms with van der Waals surface area (Å²) in [5.74, 6) is 0.469. The fourth-order valence-corrected chi connectivity index (χ4v) is 3.10. The minimum atomic E-state index is -0.585. The van der Waals surface area contributed by atoms with E-state index in [4.69, 9.17) is 14.2 Å². The largest absolute Gasteiger partial charge is 0.496 e. The number of nitrogens with zero attached hydrogens (tertiary/aromatic N) is 2. The minimum Gasteiger partial charge on any atom is -0.496 e. The van der Waals surface area contributed by atoms with Gasteiger partial charge in [-0.3, -0.25) is 9.48 Å². The number of ether oxygens (including phenoxy) is 3. The van der Waals surface area contributed by atoms with Gasteiger partial charge in [0.1, 0.15) is 18.1 Å². The van der Waals surface area contributed by atoms with Gasteiger partial charge in [0, 0.05) is 18.7 Å². The van der Waals surface area contributed by atoms with Crippen LogP contribution in [0.25, 0.3) is 6.08 Å². The van der Waals surface area contributed by atoms with E-state index in [-0.39, 0.29) is 11.4 Å². The second kappa shape index (κ2) is 10.3. The van der Waals surface area contributed by atoms with E-state index in [0.29, 0.717) is 12.4 Å². The van der Waals surface area contributed by atoms with Crippen LogP contribution in [-0.2, 0) is 23.2 Å². The molecule has 8 nitrogen and oxygen atoms in total. The Morgan fingerprint density at radius 2 is 1.97 bits per heavy atom. The number of hydrogen-bond donors (Lipinski definition) is 1. The summed E-state index contributed by atoms with van der Waals surface area (Å²) in [7, 11) is 4.46. The van der Waals surface area contributed by atoms with Gasteiger partial charge in [-0.1, -0.05) is 18.2 Å². The molecule has 0 radical (unpaired) electrons. The molecule has 0 aliphatic heterocycles. The second-order valence-electron chi connectivity index (χ2n) is 7.02. The van der Waals surface area contributed by atoms with E-state index in [1.165, 1.54) is 24.1 Å². The van der Waals surface area contributed by atoms with Crippen LogP contribution in [0.2, 0.25) is 0 Å². The van der Waals surface area contributed by atoms with Crippen molar-refractivity contribution in [3.05, 3.63) is 77.1 Å². The van der Waals surface area contributed by atoms with Crippen LogP contribution in [0.5, 0.6) is 11.5 Å². The lowest BCUT2D eigenvalue weighted by molar-refractivity contribution is -0.111. The molecular weight excluding hydrogens is 410 g/mol. The molecule has 32 heavy (non-hydrogen) atoms. The Morgan fingerprint density at radius 1 is 1.16 bits per heavy atom. The van der Waals surface area contributed by atoms with Crippen LogP contribution in [0.4, 0.5) is 5.69 Å². The maximum absolute atomic E-state index is 12.4. The first-order chi connectivity index (χ1) is 15.4. The Balaban J connectivity index is 1.71. The SMILES string of the molecule is COC(=O)c1c(NC(=O)/C=C/c2ccc(OC)c(COc3cccc(C)c3)c2)cnn1C. The highest BCUT2D eigenvalue weighted by atomic mass is 16.5. The topological polar surface area (TPSA) is 91.7 Å². The minimum absolute atomic E-state index is 0.161. The Kier molecular flexibility index (Phi) is 7.28. The van der Waals surface area contributed by atoms with Crippen molar-refractivity contribution >= 4 is 23.6 Å². The van der Waals surface area contributed by atoms with Crippen LogP contribution in [0.3, 0.4) is 0 Å². The molecule has 1 heterocycles. The molecule has 0 aliphatic carbocycles. The monoisotopic (exact) mass is 435 g/mol. The van der Waals surface area contributed by atoms with Crippen LogP contribution in [-0.4, -0.2) is 35.9 Å². The van der Waals surface area contributed by atoms with Crippen LogP contribution in [0.1, 0.15) is 27.2 Å². The highest BCUT2D eigenvalue weighted by Crippen LogP contribution is 2.23. The summed E-state index contributed by atoms with van der Waals surface area (Å²) in [6, 6.07) is 13.3. The average Bonchev–Trinajstić information content (AvgIpc) is 3.15. The molecule has 0 aliphatic rings. The van der Waals surface area contributed by atoms with Crippen LogP contribution >= 0.6 is 0 Å². The molecule has 0 spiro atoms. The summed E-state index contributed by atoms with van der Waals surface area (Å²) in [5, 5.41) is 6.63. The van der Waals surface area contributed by atoms with Gasteiger partial charge in [-0.25, -0.2) is 4.79 Å². The fraction of sp³-hybridized carbons (Fsp3) is 0.208. The normalized spacial score (nSPS) is 10.8. The number of benzene rings is 2. The van der Waals surface area contributed by atoms with Crippen molar-refractivity contribution in [1.29, 1.82) is 0 Å². The zero-order valence-electron chi connectivity index (χ0n) is 18.4. The third-order valence-electron chi connectivity index (χ3n) is 4.69. The quantitative estimate of drug-likeness (QED) is 0.428. The molecule has 3 rings (SSSR count).